The van der Waals surface area contributed by atoms with Crippen molar-refractivity contribution in [1.29, 1.82) is 0 Å². The summed E-state index contributed by atoms with van der Waals surface area (Å²) in [6.45, 7) is 5.15. The van der Waals surface area contributed by atoms with E-state index in [4.69, 9.17) is 5.10 Å². The molecule has 0 spiro atoms. The minimum Gasteiger partial charge on any atom is -0.317 e. The van der Waals surface area contributed by atoms with Crippen LogP contribution in [0.3, 0.4) is 0 Å². The number of piperidine rings is 1. The molecule has 26 heavy (non-hydrogen) atoms. The summed E-state index contributed by atoms with van der Waals surface area (Å²) in [5.74, 6) is 0.583. The zero-order valence-electron chi connectivity index (χ0n) is 15.1. The molecular weight excluding hydrogens is 393 g/mol. The fourth-order valence-corrected chi connectivity index (χ4v) is 3.97. The van der Waals surface area contributed by atoms with Crippen LogP contribution < -0.4 is 5.32 Å². The summed E-state index contributed by atoms with van der Waals surface area (Å²) in [4.78, 5) is 0.362. The van der Waals surface area contributed by atoms with Crippen molar-refractivity contribution < 1.29 is 8.42 Å². The van der Waals surface area contributed by atoms with Gasteiger partial charge in [0.1, 0.15) is 0 Å². The first-order valence-corrected chi connectivity index (χ1v) is 10.4. The SMILES string of the molecule is CCn1nc(Cc2ccc(S(C)(=O)=O)cc2)cc1C1CCNCC1.Cl.Cl. The number of halogens is 2. The smallest absolute Gasteiger partial charge is 0.175 e. The molecule has 0 atom stereocenters. The zero-order valence-corrected chi connectivity index (χ0v) is 17.6. The van der Waals surface area contributed by atoms with E-state index >= 15 is 0 Å². The van der Waals surface area contributed by atoms with Crippen LogP contribution in [0.15, 0.2) is 35.2 Å². The summed E-state index contributed by atoms with van der Waals surface area (Å²) in [6, 6.07) is 9.34. The summed E-state index contributed by atoms with van der Waals surface area (Å²) < 4.78 is 25.2. The number of nitrogens with zero attached hydrogens (tertiary/aromatic N) is 2. The molecule has 0 unspecified atom stereocenters. The molecular formula is C18H27Cl2N3O2S. The van der Waals surface area contributed by atoms with Gasteiger partial charge in [-0.3, -0.25) is 4.68 Å². The van der Waals surface area contributed by atoms with Gasteiger partial charge in [-0.2, -0.15) is 5.10 Å². The van der Waals surface area contributed by atoms with E-state index in [0.29, 0.717) is 10.8 Å². The van der Waals surface area contributed by atoms with Crippen LogP contribution in [0.4, 0.5) is 0 Å². The van der Waals surface area contributed by atoms with Gasteiger partial charge in [-0.15, -0.1) is 24.8 Å². The van der Waals surface area contributed by atoms with Crippen LogP contribution >= 0.6 is 24.8 Å². The van der Waals surface area contributed by atoms with Gasteiger partial charge >= 0.3 is 0 Å². The average molecular weight is 420 g/mol. The molecule has 0 bridgehead atoms. The monoisotopic (exact) mass is 419 g/mol. The normalized spacial score (nSPS) is 15.2. The molecule has 3 rings (SSSR count). The number of nitrogens with one attached hydrogen (secondary N) is 1. The van der Waals surface area contributed by atoms with E-state index < -0.39 is 9.84 Å². The molecule has 0 saturated carbocycles. The summed E-state index contributed by atoms with van der Waals surface area (Å²) in [5, 5.41) is 8.16. The maximum absolute atomic E-state index is 11.5. The second-order valence-corrected chi connectivity index (χ2v) is 8.51. The van der Waals surface area contributed by atoms with Crippen molar-refractivity contribution in [3.8, 4) is 0 Å². The van der Waals surface area contributed by atoms with Crippen LogP contribution in [0.2, 0.25) is 0 Å². The number of rotatable bonds is 5. The molecule has 5 nitrogen and oxygen atoms in total. The Morgan fingerprint density at radius 3 is 2.31 bits per heavy atom. The van der Waals surface area contributed by atoms with Gasteiger partial charge in [0.05, 0.1) is 10.6 Å². The number of benzene rings is 1. The molecule has 0 amide bonds. The van der Waals surface area contributed by atoms with Crippen LogP contribution in [0.5, 0.6) is 0 Å². The van der Waals surface area contributed by atoms with E-state index in [1.54, 1.807) is 12.1 Å². The fourth-order valence-electron chi connectivity index (χ4n) is 3.34. The Morgan fingerprint density at radius 2 is 1.77 bits per heavy atom. The molecule has 2 heterocycles. The maximum atomic E-state index is 11.5. The Labute approximate surface area is 168 Å². The molecule has 0 radical (unpaired) electrons. The van der Waals surface area contributed by atoms with Crippen molar-refractivity contribution in [2.75, 3.05) is 19.3 Å². The van der Waals surface area contributed by atoms with Gasteiger partial charge in [-0.1, -0.05) is 12.1 Å². The van der Waals surface area contributed by atoms with Crippen LogP contribution in [0.25, 0.3) is 0 Å². The Kier molecular flexibility index (Phi) is 8.60. The molecule has 1 N–H and O–H groups in total. The van der Waals surface area contributed by atoms with Crippen LogP contribution in [-0.4, -0.2) is 37.5 Å². The molecule has 0 aliphatic carbocycles. The zero-order chi connectivity index (χ0) is 17.2. The Balaban J connectivity index is 0.00000169. The largest absolute Gasteiger partial charge is 0.317 e. The van der Waals surface area contributed by atoms with E-state index in [-0.39, 0.29) is 24.8 Å². The Hall–Kier alpha value is -1.08. The van der Waals surface area contributed by atoms with E-state index in [2.05, 4.69) is 23.0 Å². The molecule has 1 aromatic carbocycles. The van der Waals surface area contributed by atoms with Gasteiger partial charge < -0.3 is 5.32 Å². The average Bonchev–Trinajstić information content (AvgIpc) is 2.98. The first-order valence-electron chi connectivity index (χ1n) is 8.53. The van der Waals surface area contributed by atoms with Crippen molar-refractivity contribution >= 4 is 34.7 Å². The van der Waals surface area contributed by atoms with Crippen molar-refractivity contribution in [1.82, 2.24) is 15.1 Å². The number of sulfone groups is 1. The van der Waals surface area contributed by atoms with Crippen molar-refractivity contribution in [2.24, 2.45) is 0 Å². The molecule has 8 heteroatoms. The van der Waals surface area contributed by atoms with Crippen molar-refractivity contribution in [3.05, 3.63) is 47.3 Å². The first-order chi connectivity index (χ1) is 11.5. The molecule has 1 aliphatic heterocycles. The lowest BCUT2D eigenvalue weighted by Gasteiger charge is -2.23. The quantitative estimate of drug-likeness (QED) is 0.807. The highest BCUT2D eigenvalue weighted by molar-refractivity contribution is 7.90. The molecule has 146 valence electrons. The first kappa shape index (κ1) is 23.0. The summed E-state index contributed by atoms with van der Waals surface area (Å²) >= 11 is 0. The van der Waals surface area contributed by atoms with E-state index in [1.165, 1.54) is 11.9 Å². The van der Waals surface area contributed by atoms with Gasteiger partial charge in [0, 0.05) is 30.8 Å². The molecule has 1 saturated heterocycles. The van der Waals surface area contributed by atoms with Crippen LogP contribution in [0, 0.1) is 0 Å². The standard InChI is InChI=1S/C18H25N3O2S.2ClH/c1-3-21-18(15-8-10-19-11-9-15)13-16(20-21)12-14-4-6-17(7-5-14)24(2,22)23;;/h4-7,13,15,19H,3,8-12H2,1-2H3;2*1H. The summed E-state index contributed by atoms with van der Waals surface area (Å²) in [6.07, 6.45) is 4.29. The van der Waals surface area contributed by atoms with Gasteiger partial charge in [-0.25, -0.2) is 8.42 Å². The predicted octanol–water partition coefficient (Wildman–Crippen LogP) is 3.21. The Morgan fingerprint density at radius 1 is 1.15 bits per heavy atom. The van der Waals surface area contributed by atoms with E-state index in [0.717, 1.165) is 50.2 Å². The minimum absolute atomic E-state index is 0. The van der Waals surface area contributed by atoms with E-state index in [9.17, 15) is 8.42 Å². The molecule has 2 aromatic rings. The molecule has 1 aromatic heterocycles. The number of hydrogen-bond acceptors (Lipinski definition) is 4. The summed E-state index contributed by atoms with van der Waals surface area (Å²) in [5.41, 5.74) is 3.47. The highest BCUT2D eigenvalue weighted by Crippen LogP contribution is 2.26. The van der Waals surface area contributed by atoms with Crippen LogP contribution in [0.1, 0.15) is 42.6 Å². The second-order valence-electron chi connectivity index (χ2n) is 6.49. The fraction of sp³-hybridized carbons (Fsp3) is 0.500. The summed E-state index contributed by atoms with van der Waals surface area (Å²) in [7, 11) is -3.14. The third-order valence-electron chi connectivity index (χ3n) is 4.66. The number of hydrogen-bond donors (Lipinski definition) is 1. The highest BCUT2D eigenvalue weighted by atomic mass is 35.5. The lowest BCUT2D eigenvalue weighted by atomic mass is 9.94. The third-order valence-corrected chi connectivity index (χ3v) is 5.78. The third kappa shape index (κ3) is 5.46. The van der Waals surface area contributed by atoms with Gasteiger partial charge in [0.2, 0.25) is 0 Å². The van der Waals surface area contributed by atoms with Gasteiger partial charge in [0.15, 0.2) is 9.84 Å². The lowest BCUT2D eigenvalue weighted by molar-refractivity contribution is 0.432. The minimum atomic E-state index is -3.14. The predicted molar refractivity (Wildman–Crippen MR) is 110 cm³/mol. The molecule has 1 fully saturated rings. The van der Waals surface area contributed by atoms with Crippen LogP contribution in [-0.2, 0) is 22.8 Å². The Bertz CT molecular complexity index is 798. The second kappa shape index (κ2) is 9.74. The van der Waals surface area contributed by atoms with Crippen molar-refractivity contribution in [2.45, 2.75) is 43.5 Å². The topological polar surface area (TPSA) is 64.0 Å². The van der Waals surface area contributed by atoms with Gasteiger partial charge in [0.25, 0.3) is 0 Å². The van der Waals surface area contributed by atoms with E-state index in [1.807, 2.05) is 12.1 Å². The van der Waals surface area contributed by atoms with Crippen molar-refractivity contribution in [3.63, 3.8) is 0 Å². The molecule has 1 aliphatic rings. The number of aromatic nitrogens is 2. The highest BCUT2D eigenvalue weighted by Gasteiger charge is 2.20. The lowest BCUT2D eigenvalue weighted by Crippen LogP contribution is -2.27. The van der Waals surface area contributed by atoms with Gasteiger partial charge in [-0.05, 0) is 56.6 Å². The maximum Gasteiger partial charge on any atom is 0.175 e. The number of aryl methyl sites for hydroxylation is 1.